The molecule has 2 amide bonds. The molecule has 1 aromatic rings. The minimum Gasteiger partial charge on any atom is -0.393 e. The van der Waals surface area contributed by atoms with Crippen molar-refractivity contribution in [2.24, 2.45) is 5.92 Å². The first kappa shape index (κ1) is 12.4. The van der Waals surface area contributed by atoms with Gasteiger partial charge in [-0.1, -0.05) is 12.1 Å². The van der Waals surface area contributed by atoms with Crippen LogP contribution in [-0.4, -0.2) is 34.5 Å². The third-order valence-corrected chi connectivity index (χ3v) is 4.21. The van der Waals surface area contributed by atoms with Gasteiger partial charge in [0.25, 0.3) is 11.8 Å². The van der Waals surface area contributed by atoms with Crippen LogP contribution in [-0.2, 0) is 0 Å². The van der Waals surface area contributed by atoms with E-state index in [4.69, 9.17) is 0 Å². The average molecular weight is 259 g/mol. The second-order valence-corrected chi connectivity index (χ2v) is 5.35. The third-order valence-electron chi connectivity index (χ3n) is 4.21. The molecule has 4 heteroatoms. The fourth-order valence-electron chi connectivity index (χ4n) is 2.84. The van der Waals surface area contributed by atoms with Crippen molar-refractivity contribution in [2.45, 2.75) is 31.8 Å². The van der Waals surface area contributed by atoms with Gasteiger partial charge in [-0.25, -0.2) is 0 Å². The smallest absolute Gasteiger partial charge is 0.261 e. The van der Waals surface area contributed by atoms with Crippen LogP contribution in [0.2, 0.25) is 0 Å². The van der Waals surface area contributed by atoms with E-state index in [9.17, 15) is 14.7 Å². The summed E-state index contributed by atoms with van der Waals surface area (Å²) < 4.78 is 0. The topological polar surface area (TPSA) is 57.6 Å². The third kappa shape index (κ3) is 2.06. The first-order valence-electron chi connectivity index (χ1n) is 6.82. The predicted octanol–water partition coefficient (Wildman–Crippen LogP) is 1.83. The SMILES string of the molecule is O=C1c2ccccc2C(=O)N1CCC[C@@H]1CC[C@H]1O. The van der Waals surface area contributed by atoms with Crippen molar-refractivity contribution in [1.29, 1.82) is 0 Å². The lowest BCUT2D eigenvalue weighted by Gasteiger charge is -2.32. The number of carbonyl (C=O) groups excluding carboxylic acids is 2. The second-order valence-electron chi connectivity index (χ2n) is 5.35. The molecule has 0 radical (unpaired) electrons. The maximum absolute atomic E-state index is 12.1. The average Bonchev–Trinajstić information content (AvgIpc) is 2.67. The van der Waals surface area contributed by atoms with Crippen molar-refractivity contribution in [3.63, 3.8) is 0 Å². The molecule has 0 spiro atoms. The zero-order valence-electron chi connectivity index (χ0n) is 10.7. The first-order chi connectivity index (χ1) is 9.18. The number of hydrogen-bond donors (Lipinski definition) is 1. The van der Waals surface area contributed by atoms with Gasteiger partial charge in [0.05, 0.1) is 17.2 Å². The van der Waals surface area contributed by atoms with Crippen LogP contribution in [0.3, 0.4) is 0 Å². The number of rotatable bonds is 4. The molecule has 1 saturated carbocycles. The highest BCUT2D eigenvalue weighted by molar-refractivity contribution is 6.21. The van der Waals surface area contributed by atoms with E-state index in [0.717, 1.165) is 25.7 Å². The highest BCUT2D eigenvalue weighted by Crippen LogP contribution is 2.31. The Bertz CT molecular complexity index is 491. The van der Waals surface area contributed by atoms with Gasteiger partial charge in [0, 0.05) is 6.54 Å². The van der Waals surface area contributed by atoms with Crippen LogP contribution in [0.25, 0.3) is 0 Å². The number of imide groups is 1. The minimum atomic E-state index is -0.185. The van der Waals surface area contributed by atoms with E-state index >= 15 is 0 Å². The van der Waals surface area contributed by atoms with Crippen molar-refractivity contribution in [1.82, 2.24) is 4.90 Å². The Balaban J connectivity index is 1.61. The van der Waals surface area contributed by atoms with Crippen LogP contribution in [0.1, 0.15) is 46.4 Å². The van der Waals surface area contributed by atoms with E-state index in [1.807, 2.05) is 0 Å². The number of carbonyl (C=O) groups is 2. The highest BCUT2D eigenvalue weighted by Gasteiger charge is 2.35. The summed E-state index contributed by atoms with van der Waals surface area (Å²) in [7, 11) is 0. The van der Waals surface area contributed by atoms with Crippen LogP contribution >= 0.6 is 0 Å². The molecule has 0 bridgehead atoms. The number of hydrogen-bond acceptors (Lipinski definition) is 3. The van der Waals surface area contributed by atoms with Gasteiger partial charge in [0.1, 0.15) is 0 Å². The normalized spacial score (nSPS) is 25.4. The van der Waals surface area contributed by atoms with Crippen molar-refractivity contribution in [3.05, 3.63) is 35.4 Å². The van der Waals surface area contributed by atoms with E-state index in [1.54, 1.807) is 24.3 Å². The molecule has 0 aromatic heterocycles. The number of aliphatic hydroxyl groups is 1. The molecule has 3 rings (SSSR count). The van der Waals surface area contributed by atoms with Crippen LogP contribution in [0.5, 0.6) is 0 Å². The molecule has 0 saturated heterocycles. The van der Waals surface area contributed by atoms with Gasteiger partial charge in [-0.3, -0.25) is 14.5 Å². The fourth-order valence-corrected chi connectivity index (χ4v) is 2.84. The summed E-state index contributed by atoms with van der Waals surface area (Å²) in [6.45, 7) is 0.454. The van der Waals surface area contributed by atoms with E-state index in [2.05, 4.69) is 0 Å². The zero-order valence-corrected chi connectivity index (χ0v) is 10.7. The molecule has 4 nitrogen and oxygen atoms in total. The van der Waals surface area contributed by atoms with E-state index in [1.165, 1.54) is 4.90 Å². The lowest BCUT2D eigenvalue weighted by atomic mass is 9.79. The zero-order chi connectivity index (χ0) is 13.4. The minimum absolute atomic E-state index is 0.179. The quantitative estimate of drug-likeness (QED) is 0.839. The monoisotopic (exact) mass is 259 g/mol. The molecule has 1 aromatic carbocycles. The summed E-state index contributed by atoms with van der Waals surface area (Å²) in [6, 6.07) is 6.95. The van der Waals surface area contributed by atoms with Gasteiger partial charge in [0.15, 0.2) is 0 Å². The molecule has 1 fully saturated rings. The van der Waals surface area contributed by atoms with Crippen LogP contribution in [0, 0.1) is 5.92 Å². The van der Waals surface area contributed by atoms with Gasteiger partial charge < -0.3 is 5.11 Å². The van der Waals surface area contributed by atoms with Crippen molar-refractivity contribution < 1.29 is 14.7 Å². The standard InChI is InChI=1S/C15H17NO3/c17-13-8-7-10(13)4-3-9-16-14(18)11-5-1-2-6-12(11)15(16)19/h1-2,5-6,10,13,17H,3-4,7-9H2/t10-,13-/m1/s1. The van der Waals surface area contributed by atoms with Crippen LogP contribution < -0.4 is 0 Å². The van der Waals surface area contributed by atoms with Gasteiger partial charge >= 0.3 is 0 Å². The van der Waals surface area contributed by atoms with Crippen molar-refractivity contribution >= 4 is 11.8 Å². The van der Waals surface area contributed by atoms with E-state index in [-0.39, 0.29) is 17.9 Å². The predicted molar refractivity (Wildman–Crippen MR) is 69.8 cm³/mol. The second kappa shape index (κ2) is 4.78. The lowest BCUT2D eigenvalue weighted by molar-refractivity contribution is 0.0173. The van der Waals surface area contributed by atoms with Gasteiger partial charge in [-0.05, 0) is 43.7 Å². The Labute approximate surface area is 112 Å². The summed E-state index contributed by atoms with van der Waals surface area (Å²) in [4.78, 5) is 25.5. The van der Waals surface area contributed by atoms with Crippen molar-refractivity contribution in [3.8, 4) is 0 Å². The fraction of sp³-hybridized carbons (Fsp3) is 0.467. The molecule has 1 N–H and O–H groups in total. The first-order valence-corrected chi connectivity index (χ1v) is 6.82. The van der Waals surface area contributed by atoms with Gasteiger partial charge in [-0.2, -0.15) is 0 Å². The van der Waals surface area contributed by atoms with E-state index < -0.39 is 0 Å². The molecular formula is C15H17NO3. The highest BCUT2D eigenvalue weighted by atomic mass is 16.3. The Morgan fingerprint density at radius 1 is 1.11 bits per heavy atom. The van der Waals surface area contributed by atoms with Crippen LogP contribution in [0.15, 0.2) is 24.3 Å². The number of fused-ring (bicyclic) bond motifs is 1. The Morgan fingerprint density at radius 2 is 1.74 bits per heavy atom. The molecule has 2 atom stereocenters. The maximum Gasteiger partial charge on any atom is 0.261 e. The number of benzene rings is 1. The maximum atomic E-state index is 12.1. The summed E-state index contributed by atoms with van der Waals surface area (Å²) in [6.07, 6.45) is 3.42. The molecule has 19 heavy (non-hydrogen) atoms. The Hall–Kier alpha value is -1.68. The Morgan fingerprint density at radius 3 is 2.21 bits per heavy atom. The summed E-state index contributed by atoms with van der Waals surface area (Å²) >= 11 is 0. The lowest BCUT2D eigenvalue weighted by Crippen LogP contribution is -2.34. The van der Waals surface area contributed by atoms with Gasteiger partial charge in [0.2, 0.25) is 0 Å². The number of nitrogens with zero attached hydrogens (tertiary/aromatic N) is 1. The number of aliphatic hydroxyl groups excluding tert-OH is 1. The summed E-state index contributed by atoms with van der Waals surface area (Å²) in [5.41, 5.74) is 1.02. The van der Waals surface area contributed by atoms with Crippen LogP contribution in [0.4, 0.5) is 0 Å². The summed E-state index contributed by atoms with van der Waals surface area (Å²) in [5.74, 6) is -0.0142. The largest absolute Gasteiger partial charge is 0.393 e. The molecule has 2 aliphatic rings. The summed E-state index contributed by atoms with van der Waals surface area (Å²) in [5, 5.41) is 9.50. The van der Waals surface area contributed by atoms with E-state index in [0.29, 0.717) is 23.6 Å². The molecule has 100 valence electrons. The molecular weight excluding hydrogens is 242 g/mol. The number of amides is 2. The van der Waals surface area contributed by atoms with Crippen molar-refractivity contribution in [2.75, 3.05) is 6.54 Å². The molecule has 1 aliphatic carbocycles. The van der Waals surface area contributed by atoms with Gasteiger partial charge in [-0.15, -0.1) is 0 Å². The molecule has 0 unspecified atom stereocenters. The molecule has 1 aliphatic heterocycles. The Kier molecular flexibility index (Phi) is 3.11. The molecule has 1 heterocycles.